The third kappa shape index (κ3) is 4.85. The van der Waals surface area contributed by atoms with Crippen LogP contribution in [-0.2, 0) is 16.4 Å². The summed E-state index contributed by atoms with van der Waals surface area (Å²) < 4.78 is 23.7. The van der Waals surface area contributed by atoms with Crippen molar-refractivity contribution in [2.24, 2.45) is 0 Å². The number of sulfone groups is 1. The van der Waals surface area contributed by atoms with E-state index < -0.39 is 9.84 Å². The lowest BCUT2D eigenvalue weighted by Gasteiger charge is -2.32. The van der Waals surface area contributed by atoms with Crippen molar-refractivity contribution in [2.75, 3.05) is 12.8 Å². The van der Waals surface area contributed by atoms with Crippen molar-refractivity contribution >= 4 is 26.8 Å². The van der Waals surface area contributed by atoms with Gasteiger partial charge in [-0.1, -0.05) is 30.3 Å². The van der Waals surface area contributed by atoms with Crippen molar-refractivity contribution in [1.29, 1.82) is 0 Å². The van der Waals surface area contributed by atoms with Crippen LogP contribution < -0.4 is 5.32 Å². The van der Waals surface area contributed by atoms with E-state index in [1.807, 2.05) is 30.0 Å². The maximum absolute atomic E-state index is 13.3. The van der Waals surface area contributed by atoms with E-state index >= 15 is 0 Å². The van der Waals surface area contributed by atoms with Crippen molar-refractivity contribution < 1.29 is 13.2 Å². The number of nitrogens with zero attached hydrogens (tertiary/aromatic N) is 2. The standard InChI is InChI=1S/C24H28N4O3S/c1-3-28(19-11-7-10-18(14-19)25-16-17-8-5-4-6-9-17)24(29)23-26-21-13-12-20(32(2,30)31)15-22(21)27-23/h4-6,8-9,12-15,19,25H,3,7,10-11,16H2,1-2H3,(H,26,27)/t19-/m0/s1. The highest BCUT2D eigenvalue weighted by atomic mass is 32.2. The van der Waals surface area contributed by atoms with Crippen molar-refractivity contribution in [3.05, 3.63) is 71.7 Å². The Hall–Kier alpha value is -3.13. The molecule has 0 bridgehead atoms. The van der Waals surface area contributed by atoms with Crippen LogP contribution in [0.1, 0.15) is 42.4 Å². The van der Waals surface area contributed by atoms with Gasteiger partial charge in [0.15, 0.2) is 15.7 Å². The number of carbonyl (C=O) groups is 1. The molecule has 1 atom stereocenters. The highest BCUT2D eigenvalue weighted by Gasteiger charge is 2.26. The number of benzene rings is 2. The molecule has 2 aromatic carbocycles. The van der Waals surface area contributed by atoms with Gasteiger partial charge in [-0.15, -0.1) is 0 Å². The second kappa shape index (κ2) is 9.16. The summed E-state index contributed by atoms with van der Waals surface area (Å²) in [6.07, 6.45) is 6.18. The molecule has 4 rings (SSSR count). The van der Waals surface area contributed by atoms with Crippen LogP contribution >= 0.6 is 0 Å². The molecule has 3 aromatic rings. The quantitative estimate of drug-likeness (QED) is 0.571. The Balaban J connectivity index is 1.52. The summed E-state index contributed by atoms with van der Waals surface area (Å²) in [5, 5.41) is 3.51. The number of likely N-dealkylation sites (N-methyl/N-ethyl adjacent to an activating group) is 1. The molecule has 0 saturated carbocycles. The van der Waals surface area contributed by atoms with Gasteiger partial charge in [0.2, 0.25) is 0 Å². The molecule has 8 heteroatoms. The average Bonchev–Trinajstić information content (AvgIpc) is 3.22. The second-order valence-electron chi connectivity index (χ2n) is 8.12. The molecular weight excluding hydrogens is 424 g/mol. The number of imidazole rings is 1. The first-order valence-electron chi connectivity index (χ1n) is 10.8. The lowest BCUT2D eigenvalue weighted by atomic mass is 9.98. The third-order valence-corrected chi connectivity index (χ3v) is 6.90. The van der Waals surface area contributed by atoms with E-state index in [1.54, 1.807) is 6.07 Å². The zero-order valence-corrected chi connectivity index (χ0v) is 19.2. The summed E-state index contributed by atoms with van der Waals surface area (Å²) in [5.74, 6) is 0.0421. The molecule has 0 spiro atoms. The molecule has 0 saturated heterocycles. The number of aromatic amines is 1. The monoisotopic (exact) mass is 452 g/mol. The summed E-state index contributed by atoms with van der Waals surface area (Å²) >= 11 is 0. The molecular formula is C24H28N4O3S. The molecule has 2 N–H and O–H groups in total. The lowest BCUT2D eigenvalue weighted by molar-refractivity contribution is 0.0700. The van der Waals surface area contributed by atoms with Gasteiger partial charge in [0, 0.05) is 25.0 Å². The first-order valence-corrected chi connectivity index (χ1v) is 12.7. The van der Waals surface area contributed by atoms with E-state index in [0.29, 0.717) is 17.6 Å². The van der Waals surface area contributed by atoms with Crippen molar-refractivity contribution in [2.45, 2.75) is 43.7 Å². The summed E-state index contributed by atoms with van der Waals surface area (Å²) in [4.78, 5) is 22.7. The maximum atomic E-state index is 13.3. The first kappa shape index (κ1) is 22.1. The van der Waals surface area contributed by atoms with Crippen LogP contribution in [0.3, 0.4) is 0 Å². The Bertz CT molecular complexity index is 1250. The van der Waals surface area contributed by atoms with Crippen molar-refractivity contribution in [3.8, 4) is 0 Å². The molecule has 1 aliphatic rings. The fraction of sp³-hybridized carbons (Fsp3) is 0.333. The molecule has 0 aliphatic heterocycles. The van der Waals surface area contributed by atoms with Crippen LogP contribution in [0.15, 0.2) is 65.2 Å². The third-order valence-electron chi connectivity index (χ3n) is 5.79. The second-order valence-corrected chi connectivity index (χ2v) is 10.1. The fourth-order valence-electron chi connectivity index (χ4n) is 4.09. The summed E-state index contributed by atoms with van der Waals surface area (Å²) in [7, 11) is -3.33. The number of rotatable bonds is 7. The average molecular weight is 453 g/mol. The summed E-state index contributed by atoms with van der Waals surface area (Å²) in [5.41, 5.74) is 3.48. The van der Waals surface area contributed by atoms with E-state index in [0.717, 1.165) is 37.8 Å². The van der Waals surface area contributed by atoms with Crippen LogP contribution in [0.4, 0.5) is 0 Å². The fourth-order valence-corrected chi connectivity index (χ4v) is 4.74. The lowest BCUT2D eigenvalue weighted by Crippen LogP contribution is -2.41. The minimum Gasteiger partial charge on any atom is -0.384 e. The highest BCUT2D eigenvalue weighted by molar-refractivity contribution is 7.90. The Morgan fingerprint density at radius 2 is 2.00 bits per heavy atom. The molecule has 0 fully saturated rings. The number of allylic oxidation sites excluding steroid dienone is 1. The number of aromatic nitrogens is 2. The van der Waals surface area contributed by atoms with Crippen LogP contribution in [0.2, 0.25) is 0 Å². The van der Waals surface area contributed by atoms with E-state index in [-0.39, 0.29) is 22.7 Å². The maximum Gasteiger partial charge on any atom is 0.290 e. The number of hydrogen-bond donors (Lipinski definition) is 2. The molecule has 0 radical (unpaired) electrons. The van der Waals surface area contributed by atoms with E-state index in [1.165, 1.54) is 17.7 Å². The smallest absolute Gasteiger partial charge is 0.290 e. The molecule has 0 unspecified atom stereocenters. The number of H-pyrrole nitrogens is 1. The molecule has 1 aliphatic carbocycles. The molecule has 1 amide bonds. The van der Waals surface area contributed by atoms with Gasteiger partial charge in [-0.05, 0) is 56.0 Å². The summed E-state index contributed by atoms with van der Waals surface area (Å²) in [6, 6.07) is 14.9. The van der Waals surface area contributed by atoms with Crippen LogP contribution in [0.25, 0.3) is 11.0 Å². The topological polar surface area (TPSA) is 95.2 Å². The van der Waals surface area contributed by atoms with Crippen LogP contribution in [-0.4, -0.2) is 48.0 Å². The van der Waals surface area contributed by atoms with Gasteiger partial charge in [-0.2, -0.15) is 0 Å². The predicted octanol–water partition coefficient (Wildman–Crippen LogP) is 3.65. The van der Waals surface area contributed by atoms with Gasteiger partial charge >= 0.3 is 0 Å². The SMILES string of the molecule is CCN(C(=O)c1nc2ccc(S(C)(=O)=O)cc2[nH]1)[C@@H]1C=C(NCc2ccccc2)CCC1. The normalized spacial score (nSPS) is 16.6. The van der Waals surface area contributed by atoms with E-state index in [2.05, 4.69) is 33.5 Å². The zero-order valence-electron chi connectivity index (χ0n) is 18.3. The summed E-state index contributed by atoms with van der Waals surface area (Å²) in [6.45, 7) is 3.27. The number of hydrogen-bond acceptors (Lipinski definition) is 5. The molecule has 1 heterocycles. The number of carbonyl (C=O) groups excluding carboxylic acids is 1. The van der Waals surface area contributed by atoms with Gasteiger partial charge in [-0.3, -0.25) is 4.79 Å². The van der Waals surface area contributed by atoms with E-state index in [4.69, 9.17) is 0 Å². The van der Waals surface area contributed by atoms with Crippen molar-refractivity contribution in [3.63, 3.8) is 0 Å². The Kier molecular flexibility index (Phi) is 6.32. The Morgan fingerprint density at radius 1 is 1.22 bits per heavy atom. The number of amides is 1. The van der Waals surface area contributed by atoms with Gasteiger partial charge < -0.3 is 15.2 Å². The van der Waals surface area contributed by atoms with Gasteiger partial charge in [0.05, 0.1) is 22.0 Å². The zero-order chi connectivity index (χ0) is 22.7. The molecule has 168 valence electrons. The van der Waals surface area contributed by atoms with Gasteiger partial charge in [-0.25, -0.2) is 13.4 Å². The Labute approximate surface area is 188 Å². The van der Waals surface area contributed by atoms with Gasteiger partial charge in [0.1, 0.15) is 0 Å². The predicted molar refractivity (Wildman–Crippen MR) is 125 cm³/mol. The number of fused-ring (bicyclic) bond motifs is 1. The van der Waals surface area contributed by atoms with E-state index in [9.17, 15) is 13.2 Å². The van der Waals surface area contributed by atoms with Crippen molar-refractivity contribution in [1.82, 2.24) is 20.2 Å². The van der Waals surface area contributed by atoms with Gasteiger partial charge in [0.25, 0.3) is 5.91 Å². The number of nitrogens with one attached hydrogen (secondary N) is 2. The first-order chi connectivity index (χ1) is 15.3. The largest absolute Gasteiger partial charge is 0.384 e. The van der Waals surface area contributed by atoms with Crippen LogP contribution in [0, 0.1) is 0 Å². The Morgan fingerprint density at radius 3 is 2.72 bits per heavy atom. The van der Waals surface area contributed by atoms with Crippen LogP contribution in [0.5, 0.6) is 0 Å². The molecule has 1 aromatic heterocycles. The highest BCUT2D eigenvalue weighted by Crippen LogP contribution is 2.23. The molecule has 32 heavy (non-hydrogen) atoms. The minimum absolute atomic E-state index is 0.0145. The molecule has 7 nitrogen and oxygen atoms in total. The minimum atomic E-state index is -3.33.